The van der Waals surface area contributed by atoms with Crippen LogP contribution in [0, 0.1) is 0 Å². The van der Waals surface area contributed by atoms with Gasteiger partial charge >= 0.3 is 0 Å². The van der Waals surface area contributed by atoms with Gasteiger partial charge in [-0.05, 0) is 37.8 Å². The lowest BCUT2D eigenvalue weighted by Gasteiger charge is -2.29. The Bertz CT molecular complexity index is 633. The van der Waals surface area contributed by atoms with Crippen molar-refractivity contribution in [3.63, 3.8) is 0 Å². The zero-order chi connectivity index (χ0) is 18.5. The zero-order valence-corrected chi connectivity index (χ0v) is 15.6. The molecule has 0 unspecified atom stereocenters. The lowest BCUT2D eigenvalue weighted by Crippen LogP contribution is -2.49. The Kier molecular flexibility index (Phi) is 6.01. The first-order chi connectivity index (χ1) is 12.7. The van der Waals surface area contributed by atoms with Crippen LogP contribution in [0.4, 0.5) is 0 Å². The predicted molar refractivity (Wildman–Crippen MR) is 98.6 cm³/mol. The van der Waals surface area contributed by atoms with Crippen LogP contribution in [0.25, 0.3) is 0 Å². The Morgan fingerprint density at radius 2 is 1.65 bits per heavy atom. The molecule has 1 aromatic carbocycles. The molecular weight excluding hydrogens is 332 g/mol. The molecule has 1 saturated heterocycles. The number of ether oxygens (including phenoxy) is 2. The predicted octanol–water partition coefficient (Wildman–Crippen LogP) is 2.76. The molecule has 1 aliphatic carbocycles. The summed E-state index contributed by atoms with van der Waals surface area (Å²) in [6, 6.07) is 5.09. The van der Waals surface area contributed by atoms with Gasteiger partial charge in [0.05, 0.1) is 14.2 Å². The van der Waals surface area contributed by atoms with Gasteiger partial charge in [0, 0.05) is 12.6 Å². The maximum Gasteiger partial charge on any atom is 0.262 e. The standard InChI is InChI=1S/C20H28N2O4/c1-25-16-11-6-12-17(26-2)18(16)20(24)22-13-7-10-15(22)19(23)21-14-8-4-3-5-9-14/h6,11-12,14-15H,3-5,7-10,13H2,1-2H3,(H,21,23)/t15-/m1/s1. The summed E-state index contributed by atoms with van der Waals surface area (Å²) in [5.74, 6) is 0.692. The quantitative estimate of drug-likeness (QED) is 0.877. The monoisotopic (exact) mass is 360 g/mol. The van der Waals surface area contributed by atoms with Gasteiger partial charge in [0.15, 0.2) is 0 Å². The van der Waals surface area contributed by atoms with Gasteiger partial charge in [-0.15, -0.1) is 0 Å². The van der Waals surface area contributed by atoms with Gasteiger partial charge in [-0.2, -0.15) is 0 Å². The Hall–Kier alpha value is -2.24. The first-order valence-electron chi connectivity index (χ1n) is 9.48. The summed E-state index contributed by atoms with van der Waals surface area (Å²) >= 11 is 0. The smallest absolute Gasteiger partial charge is 0.262 e. The van der Waals surface area contributed by atoms with Crippen LogP contribution in [-0.4, -0.2) is 49.6 Å². The first kappa shape index (κ1) is 18.5. The van der Waals surface area contributed by atoms with E-state index in [4.69, 9.17) is 9.47 Å². The number of nitrogens with zero attached hydrogens (tertiary/aromatic N) is 1. The zero-order valence-electron chi connectivity index (χ0n) is 15.6. The topological polar surface area (TPSA) is 67.9 Å². The molecule has 0 bridgehead atoms. The van der Waals surface area contributed by atoms with Crippen molar-refractivity contribution in [3.8, 4) is 11.5 Å². The largest absolute Gasteiger partial charge is 0.496 e. The molecule has 142 valence electrons. The molecule has 26 heavy (non-hydrogen) atoms. The van der Waals surface area contributed by atoms with Gasteiger partial charge in [0.25, 0.3) is 5.91 Å². The van der Waals surface area contributed by atoms with E-state index in [2.05, 4.69) is 5.32 Å². The first-order valence-corrected chi connectivity index (χ1v) is 9.48. The van der Waals surface area contributed by atoms with Crippen molar-refractivity contribution in [1.29, 1.82) is 0 Å². The van der Waals surface area contributed by atoms with E-state index in [1.807, 2.05) is 0 Å². The fourth-order valence-corrected chi connectivity index (χ4v) is 4.03. The normalized spacial score (nSPS) is 20.7. The highest BCUT2D eigenvalue weighted by Gasteiger charge is 2.37. The van der Waals surface area contributed by atoms with Crippen molar-refractivity contribution in [3.05, 3.63) is 23.8 Å². The summed E-state index contributed by atoms with van der Waals surface area (Å²) < 4.78 is 10.7. The summed E-state index contributed by atoms with van der Waals surface area (Å²) in [5.41, 5.74) is 0.384. The minimum absolute atomic E-state index is 0.0309. The van der Waals surface area contributed by atoms with Crippen molar-refractivity contribution in [2.75, 3.05) is 20.8 Å². The number of nitrogens with one attached hydrogen (secondary N) is 1. The lowest BCUT2D eigenvalue weighted by molar-refractivity contribution is -0.125. The molecule has 6 heteroatoms. The van der Waals surface area contributed by atoms with Crippen LogP contribution >= 0.6 is 0 Å². The van der Waals surface area contributed by atoms with Gasteiger partial charge in [-0.3, -0.25) is 9.59 Å². The van der Waals surface area contributed by atoms with Crippen molar-refractivity contribution in [2.45, 2.75) is 57.0 Å². The third kappa shape index (κ3) is 3.79. The average molecular weight is 360 g/mol. The maximum absolute atomic E-state index is 13.2. The Labute approximate surface area is 154 Å². The third-order valence-corrected chi connectivity index (χ3v) is 5.41. The van der Waals surface area contributed by atoms with Gasteiger partial charge in [-0.1, -0.05) is 25.3 Å². The van der Waals surface area contributed by atoms with Crippen molar-refractivity contribution in [2.24, 2.45) is 0 Å². The molecule has 0 spiro atoms. The number of carbonyl (C=O) groups excluding carboxylic acids is 2. The molecule has 1 atom stereocenters. The number of benzene rings is 1. The summed E-state index contributed by atoms with van der Waals surface area (Å²) in [6.07, 6.45) is 7.16. The third-order valence-electron chi connectivity index (χ3n) is 5.41. The Balaban J connectivity index is 1.77. The Morgan fingerprint density at radius 3 is 2.27 bits per heavy atom. The maximum atomic E-state index is 13.2. The summed E-state index contributed by atoms with van der Waals surface area (Å²) in [4.78, 5) is 27.7. The van der Waals surface area contributed by atoms with E-state index in [-0.39, 0.29) is 17.9 Å². The molecule has 0 aromatic heterocycles. The van der Waals surface area contributed by atoms with Crippen LogP contribution in [0.3, 0.4) is 0 Å². The molecule has 1 aliphatic heterocycles. The minimum atomic E-state index is -0.418. The van der Waals surface area contributed by atoms with Gasteiger partial charge < -0.3 is 19.7 Å². The number of methoxy groups -OCH3 is 2. The number of carbonyl (C=O) groups is 2. The lowest BCUT2D eigenvalue weighted by atomic mass is 9.95. The van der Waals surface area contributed by atoms with Gasteiger partial charge in [0.2, 0.25) is 5.91 Å². The molecule has 6 nitrogen and oxygen atoms in total. The Morgan fingerprint density at radius 1 is 1.00 bits per heavy atom. The summed E-state index contributed by atoms with van der Waals surface area (Å²) in [6.45, 7) is 0.572. The average Bonchev–Trinajstić information content (AvgIpc) is 3.17. The fraction of sp³-hybridized carbons (Fsp3) is 0.600. The molecule has 0 radical (unpaired) electrons. The van der Waals surface area contributed by atoms with Crippen LogP contribution in [0.1, 0.15) is 55.3 Å². The second-order valence-electron chi connectivity index (χ2n) is 7.04. The molecule has 1 N–H and O–H groups in total. The highest BCUT2D eigenvalue weighted by Crippen LogP contribution is 2.32. The van der Waals surface area contributed by atoms with Crippen LogP contribution < -0.4 is 14.8 Å². The number of hydrogen-bond donors (Lipinski definition) is 1. The van der Waals surface area contributed by atoms with E-state index in [1.54, 1.807) is 23.1 Å². The highest BCUT2D eigenvalue weighted by atomic mass is 16.5. The number of amides is 2. The van der Waals surface area contributed by atoms with E-state index in [0.717, 1.165) is 32.1 Å². The molecule has 1 saturated carbocycles. The van der Waals surface area contributed by atoms with Gasteiger partial charge in [0.1, 0.15) is 23.1 Å². The second kappa shape index (κ2) is 8.43. The fourth-order valence-electron chi connectivity index (χ4n) is 4.03. The highest BCUT2D eigenvalue weighted by molar-refractivity contribution is 6.02. The van der Waals surface area contributed by atoms with E-state index >= 15 is 0 Å². The summed E-state index contributed by atoms with van der Waals surface area (Å²) in [7, 11) is 3.06. The minimum Gasteiger partial charge on any atom is -0.496 e. The summed E-state index contributed by atoms with van der Waals surface area (Å²) in [5, 5.41) is 3.16. The second-order valence-corrected chi connectivity index (χ2v) is 7.04. The molecular formula is C20H28N2O4. The molecule has 2 aliphatic rings. The van der Waals surface area contributed by atoms with Crippen LogP contribution in [0.2, 0.25) is 0 Å². The molecule has 1 heterocycles. The van der Waals surface area contributed by atoms with E-state index in [1.165, 1.54) is 20.6 Å². The molecule has 3 rings (SSSR count). The van der Waals surface area contributed by atoms with E-state index in [0.29, 0.717) is 30.0 Å². The van der Waals surface area contributed by atoms with Crippen LogP contribution in [-0.2, 0) is 4.79 Å². The van der Waals surface area contributed by atoms with Crippen LogP contribution in [0.5, 0.6) is 11.5 Å². The number of rotatable bonds is 5. The number of likely N-dealkylation sites (tertiary alicyclic amines) is 1. The van der Waals surface area contributed by atoms with Crippen molar-refractivity contribution < 1.29 is 19.1 Å². The van der Waals surface area contributed by atoms with Crippen molar-refractivity contribution in [1.82, 2.24) is 10.2 Å². The molecule has 2 amide bonds. The SMILES string of the molecule is COc1cccc(OC)c1C(=O)N1CCC[C@@H]1C(=O)NC1CCCCC1. The van der Waals surface area contributed by atoms with E-state index in [9.17, 15) is 9.59 Å². The van der Waals surface area contributed by atoms with Gasteiger partial charge in [-0.25, -0.2) is 0 Å². The molecule has 1 aromatic rings. The van der Waals surface area contributed by atoms with Crippen LogP contribution in [0.15, 0.2) is 18.2 Å². The number of hydrogen-bond acceptors (Lipinski definition) is 4. The van der Waals surface area contributed by atoms with E-state index < -0.39 is 6.04 Å². The van der Waals surface area contributed by atoms with Crippen molar-refractivity contribution >= 4 is 11.8 Å². The molecule has 2 fully saturated rings.